The Morgan fingerprint density at radius 2 is 1.33 bits per heavy atom. The van der Waals surface area contributed by atoms with E-state index in [0.717, 1.165) is 12.8 Å². The van der Waals surface area contributed by atoms with Gasteiger partial charge in [0.1, 0.15) is 0 Å². The summed E-state index contributed by atoms with van der Waals surface area (Å²) in [7, 11) is 4.24. The van der Waals surface area contributed by atoms with Crippen molar-refractivity contribution in [2.45, 2.75) is 57.8 Å². The third-order valence-electron chi connectivity index (χ3n) is 2.98. The van der Waals surface area contributed by atoms with Crippen LogP contribution < -0.4 is 0 Å². The molecule has 0 spiro atoms. The Hall–Kier alpha value is -0.770. The minimum Gasteiger partial charge on any atom is -0.450 e. The molecule has 0 bridgehead atoms. The number of hydrogen-bond donors (Lipinski definition) is 1. The lowest BCUT2D eigenvalue weighted by molar-refractivity contribution is 0.0899. The lowest BCUT2D eigenvalue weighted by Crippen LogP contribution is -2.12. The fourth-order valence-corrected chi connectivity index (χ4v) is 1.93. The van der Waals surface area contributed by atoms with Crippen molar-refractivity contribution < 1.29 is 14.6 Å². The molecule has 0 saturated heterocycles. The van der Waals surface area contributed by atoms with E-state index >= 15 is 0 Å². The van der Waals surface area contributed by atoms with Crippen molar-refractivity contribution in [1.82, 2.24) is 4.90 Å². The highest BCUT2D eigenvalue weighted by atomic mass is 16.7. The number of nitrogens with zero attached hydrogens (tertiary/aromatic N) is 1. The van der Waals surface area contributed by atoms with Gasteiger partial charge in [-0.05, 0) is 33.5 Å². The van der Waals surface area contributed by atoms with Crippen LogP contribution in [0.1, 0.15) is 57.8 Å². The highest BCUT2D eigenvalue weighted by Gasteiger charge is 1.96. The molecule has 4 heteroatoms. The first-order chi connectivity index (χ1) is 8.63. The monoisotopic (exact) mass is 259 g/mol. The van der Waals surface area contributed by atoms with Gasteiger partial charge in [0.2, 0.25) is 0 Å². The lowest BCUT2D eigenvalue weighted by Gasteiger charge is -2.08. The highest BCUT2D eigenvalue weighted by molar-refractivity contribution is 5.56. The second-order valence-corrected chi connectivity index (χ2v) is 5.10. The van der Waals surface area contributed by atoms with Gasteiger partial charge in [0.05, 0.1) is 6.61 Å². The van der Waals surface area contributed by atoms with Gasteiger partial charge in [-0.3, -0.25) is 0 Å². The van der Waals surface area contributed by atoms with Crippen LogP contribution in [0.5, 0.6) is 0 Å². The molecule has 0 aliphatic carbocycles. The van der Waals surface area contributed by atoms with Gasteiger partial charge in [-0.1, -0.05) is 44.9 Å². The molecule has 0 unspecified atom stereocenters. The molecule has 0 heterocycles. The van der Waals surface area contributed by atoms with E-state index in [1.54, 1.807) is 0 Å². The number of unbranched alkanes of at least 4 members (excludes halogenated alkanes) is 8. The Labute approximate surface area is 111 Å². The molecule has 0 aliphatic heterocycles. The van der Waals surface area contributed by atoms with E-state index in [9.17, 15) is 4.79 Å². The molecule has 0 aromatic rings. The molecule has 0 radical (unpaired) electrons. The average molecular weight is 259 g/mol. The van der Waals surface area contributed by atoms with Gasteiger partial charge in [-0.25, -0.2) is 4.79 Å². The maximum Gasteiger partial charge on any atom is 0.505 e. The second kappa shape index (κ2) is 12.7. The van der Waals surface area contributed by atoms with Crippen LogP contribution in [0.25, 0.3) is 0 Å². The minimum atomic E-state index is -1.16. The molecule has 4 nitrogen and oxygen atoms in total. The molecule has 0 amide bonds. The Balaban J connectivity index is 2.97. The highest BCUT2D eigenvalue weighted by Crippen LogP contribution is 2.09. The molecule has 18 heavy (non-hydrogen) atoms. The zero-order chi connectivity index (χ0) is 13.6. The molecule has 0 aromatic heterocycles. The van der Waals surface area contributed by atoms with Gasteiger partial charge in [-0.2, -0.15) is 0 Å². The van der Waals surface area contributed by atoms with Crippen LogP contribution in [0.15, 0.2) is 0 Å². The molecular formula is C14H29NO3. The van der Waals surface area contributed by atoms with Crippen LogP contribution in [-0.4, -0.2) is 43.4 Å². The smallest absolute Gasteiger partial charge is 0.450 e. The summed E-state index contributed by atoms with van der Waals surface area (Å²) in [6.07, 6.45) is 9.86. The first kappa shape index (κ1) is 17.2. The van der Waals surface area contributed by atoms with E-state index in [0.29, 0.717) is 6.61 Å². The zero-order valence-corrected chi connectivity index (χ0v) is 12.0. The van der Waals surface area contributed by atoms with Crippen molar-refractivity contribution in [2.75, 3.05) is 27.2 Å². The van der Waals surface area contributed by atoms with Gasteiger partial charge in [0.25, 0.3) is 0 Å². The topological polar surface area (TPSA) is 49.8 Å². The van der Waals surface area contributed by atoms with Gasteiger partial charge in [0, 0.05) is 0 Å². The van der Waals surface area contributed by atoms with Crippen molar-refractivity contribution in [3.63, 3.8) is 0 Å². The van der Waals surface area contributed by atoms with E-state index < -0.39 is 6.16 Å². The number of ether oxygens (including phenoxy) is 1. The molecule has 0 aromatic carbocycles. The van der Waals surface area contributed by atoms with Gasteiger partial charge in [0.15, 0.2) is 0 Å². The van der Waals surface area contributed by atoms with E-state index in [2.05, 4.69) is 23.7 Å². The maximum atomic E-state index is 10.1. The van der Waals surface area contributed by atoms with Crippen molar-refractivity contribution in [2.24, 2.45) is 0 Å². The summed E-state index contributed by atoms with van der Waals surface area (Å²) in [5, 5.41) is 8.27. The summed E-state index contributed by atoms with van der Waals surface area (Å²) in [5.41, 5.74) is 0. The van der Waals surface area contributed by atoms with Crippen molar-refractivity contribution >= 4 is 6.16 Å². The van der Waals surface area contributed by atoms with Crippen LogP contribution in [0.2, 0.25) is 0 Å². The predicted molar refractivity (Wildman–Crippen MR) is 74.1 cm³/mol. The van der Waals surface area contributed by atoms with Crippen molar-refractivity contribution in [3.05, 3.63) is 0 Å². The summed E-state index contributed by atoms with van der Waals surface area (Å²) >= 11 is 0. The first-order valence-electron chi connectivity index (χ1n) is 7.13. The largest absolute Gasteiger partial charge is 0.505 e. The predicted octanol–water partition coefficient (Wildman–Crippen LogP) is 3.75. The van der Waals surface area contributed by atoms with E-state index in [1.807, 2.05) is 0 Å². The van der Waals surface area contributed by atoms with Crippen molar-refractivity contribution in [3.8, 4) is 0 Å². The van der Waals surface area contributed by atoms with Crippen LogP contribution in [-0.2, 0) is 4.74 Å². The maximum absolute atomic E-state index is 10.1. The summed E-state index contributed by atoms with van der Waals surface area (Å²) in [6.45, 7) is 1.55. The number of carbonyl (C=O) groups is 1. The van der Waals surface area contributed by atoms with Crippen LogP contribution >= 0.6 is 0 Å². The van der Waals surface area contributed by atoms with E-state index in [-0.39, 0.29) is 0 Å². The molecule has 1 N–H and O–H groups in total. The Morgan fingerprint density at radius 1 is 0.889 bits per heavy atom. The second-order valence-electron chi connectivity index (χ2n) is 5.10. The SMILES string of the molecule is CN(C)CCCCCCCCCCCOC(=O)O. The molecule has 0 atom stereocenters. The summed E-state index contributed by atoms with van der Waals surface area (Å²) in [4.78, 5) is 12.3. The van der Waals surface area contributed by atoms with Crippen LogP contribution in [0.4, 0.5) is 4.79 Å². The first-order valence-corrected chi connectivity index (χ1v) is 7.13. The number of hydrogen-bond acceptors (Lipinski definition) is 3. The minimum absolute atomic E-state index is 0.347. The van der Waals surface area contributed by atoms with Gasteiger partial charge < -0.3 is 14.7 Å². The summed E-state index contributed by atoms with van der Waals surface area (Å²) < 4.78 is 4.45. The summed E-state index contributed by atoms with van der Waals surface area (Å²) in [5.74, 6) is 0. The Kier molecular flexibility index (Phi) is 12.1. The quantitative estimate of drug-likeness (QED) is 0.428. The van der Waals surface area contributed by atoms with E-state index in [1.165, 1.54) is 51.5 Å². The zero-order valence-electron chi connectivity index (χ0n) is 12.0. The van der Waals surface area contributed by atoms with Gasteiger partial charge >= 0.3 is 6.16 Å². The lowest BCUT2D eigenvalue weighted by atomic mass is 10.1. The molecule has 0 fully saturated rings. The molecule has 0 saturated carbocycles. The normalized spacial score (nSPS) is 10.8. The average Bonchev–Trinajstić information content (AvgIpc) is 2.29. The molecule has 0 rings (SSSR count). The number of rotatable bonds is 12. The standard InChI is InChI=1S/C14H29NO3/c1-15(2)12-10-8-6-4-3-5-7-9-11-13-18-14(16)17/h3-13H2,1-2H3,(H,16,17). The Bertz CT molecular complexity index is 195. The van der Waals surface area contributed by atoms with Crippen LogP contribution in [0.3, 0.4) is 0 Å². The molecule has 108 valence electrons. The summed E-state index contributed by atoms with van der Waals surface area (Å²) in [6, 6.07) is 0. The third-order valence-corrected chi connectivity index (χ3v) is 2.98. The molecular weight excluding hydrogens is 230 g/mol. The number of carboxylic acid groups (broad SMARTS) is 1. The third kappa shape index (κ3) is 15.2. The fourth-order valence-electron chi connectivity index (χ4n) is 1.93. The molecule has 0 aliphatic rings. The van der Waals surface area contributed by atoms with E-state index in [4.69, 9.17) is 5.11 Å². The van der Waals surface area contributed by atoms with Gasteiger partial charge in [-0.15, -0.1) is 0 Å². The Morgan fingerprint density at radius 3 is 1.78 bits per heavy atom. The van der Waals surface area contributed by atoms with Crippen LogP contribution in [0, 0.1) is 0 Å². The van der Waals surface area contributed by atoms with Crippen molar-refractivity contribution in [1.29, 1.82) is 0 Å². The fraction of sp³-hybridized carbons (Fsp3) is 0.929.